The molecule has 0 radical (unpaired) electrons. The fourth-order valence-electron chi connectivity index (χ4n) is 3.40. The number of aromatic nitrogens is 2. The molecule has 1 saturated heterocycles. The zero-order chi connectivity index (χ0) is 20.8. The first kappa shape index (κ1) is 18.6. The monoisotopic (exact) mass is 470 g/mol. The number of carbonyl (C=O) groups excluding carboxylic acids is 2. The first-order valence-electron chi connectivity index (χ1n) is 8.90. The normalized spacial score (nSPS) is 20.3. The molecular weight excluding hydrogens is 459 g/mol. The summed E-state index contributed by atoms with van der Waals surface area (Å²) in [6.45, 7) is 0.00417. The Labute approximate surface area is 177 Å². The Morgan fingerprint density at radius 3 is 2.67 bits per heavy atom. The van der Waals surface area contributed by atoms with Gasteiger partial charge >= 0.3 is 0 Å². The maximum atomic E-state index is 13.6. The van der Waals surface area contributed by atoms with Gasteiger partial charge in [0.1, 0.15) is 12.4 Å². The number of anilines is 1. The third-order valence-corrected chi connectivity index (χ3v) is 5.32. The number of hydrogen-bond acceptors (Lipinski definition) is 8. The van der Waals surface area contributed by atoms with Crippen molar-refractivity contribution in [3.05, 3.63) is 64.7 Å². The van der Waals surface area contributed by atoms with Crippen LogP contribution in [-0.4, -0.2) is 39.0 Å². The van der Waals surface area contributed by atoms with Gasteiger partial charge in [-0.25, -0.2) is 9.29 Å². The Hall–Kier alpha value is -3.47. The van der Waals surface area contributed by atoms with Gasteiger partial charge in [0.15, 0.2) is 12.1 Å². The smallest absolute Gasteiger partial charge is 0.263 e. The summed E-state index contributed by atoms with van der Waals surface area (Å²) in [6.07, 6.45) is 0. The second-order valence-corrected chi connectivity index (χ2v) is 7.62. The summed E-state index contributed by atoms with van der Waals surface area (Å²) >= 11 is 3.37. The quantitative estimate of drug-likeness (QED) is 0.542. The lowest BCUT2D eigenvalue weighted by Crippen LogP contribution is -2.39. The highest BCUT2D eigenvalue weighted by molar-refractivity contribution is 9.10. The van der Waals surface area contributed by atoms with Crippen molar-refractivity contribution in [2.75, 3.05) is 4.90 Å². The van der Waals surface area contributed by atoms with Gasteiger partial charge in [-0.3, -0.25) is 14.6 Å². The van der Waals surface area contributed by atoms with E-state index in [1.165, 1.54) is 23.2 Å². The zero-order valence-corrected chi connectivity index (χ0v) is 16.7. The fourth-order valence-corrected chi connectivity index (χ4v) is 3.66. The first-order valence-corrected chi connectivity index (χ1v) is 9.70. The maximum Gasteiger partial charge on any atom is 0.263 e. The molecule has 30 heavy (non-hydrogen) atoms. The Morgan fingerprint density at radius 2 is 1.90 bits per heavy atom. The zero-order valence-electron chi connectivity index (χ0n) is 15.1. The lowest BCUT2D eigenvalue weighted by Gasteiger charge is -2.19. The van der Waals surface area contributed by atoms with Crippen LogP contribution in [0.2, 0.25) is 0 Å². The average Bonchev–Trinajstić information content (AvgIpc) is 3.41. The molecule has 9 nitrogen and oxygen atoms in total. The molecule has 0 bridgehead atoms. The molecule has 0 saturated carbocycles. The van der Waals surface area contributed by atoms with Gasteiger partial charge in [0.05, 0.1) is 5.69 Å². The second kappa shape index (κ2) is 7.10. The number of rotatable bonds is 4. The van der Waals surface area contributed by atoms with Gasteiger partial charge in [0, 0.05) is 10.0 Å². The molecule has 5 rings (SSSR count). The molecule has 3 heterocycles. The van der Waals surface area contributed by atoms with E-state index in [2.05, 4.69) is 36.4 Å². The molecule has 1 fully saturated rings. The van der Waals surface area contributed by atoms with Gasteiger partial charge in [-0.1, -0.05) is 32.4 Å². The van der Waals surface area contributed by atoms with Gasteiger partial charge in [0.25, 0.3) is 11.8 Å². The van der Waals surface area contributed by atoms with E-state index in [9.17, 15) is 14.0 Å². The lowest BCUT2D eigenvalue weighted by molar-refractivity contribution is -0.123. The maximum absolute atomic E-state index is 13.6. The van der Waals surface area contributed by atoms with Crippen molar-refractivity contribution in [1.29, 1.82) is 0 Å². The number of fused-ring (bicyclic) bond motifs is 1. The highest BCUT2D eigenvalue weighted by Gasteiger charge is 2.55. The van der Waals surface area contributed by atoms with Crippen molar-refractivity contribution in [2.45, 2.75) is 18.6 Å². The summed E-state index contributed by atoms with van der Waals surface area (Å²) in [5.41, 5.74) is 0.920. The molecule has 2 amide bonds. The Bertz CT molecular complexity index is 1180. The summed E-state index contributed by atoms with van der Waals surface area (Å²) in [5.74, 6) is -1.02. The van der Waals surface area contributed by atoms with Crippen LogP contribution in [0.5, 0.6) is 0 Å². The Kier molecular flexibility index (Phi) is 4.39. The van der Waals surface area contributed by atoms with Gasteiger partial charge in [-0.05, 0) is 42.5 Å². The second-order valence-electron chi connectivity index (χ2n) is 6.70. The number of hydrogen-bond donors (Lipinski definition) is 0. The molecule has 1 aromatic heterocycles. The third-order valence-electron chi connectivity index (χ3n) is 4.79. The van der Waals surface area contributed by atoms with Crippen LogP contribution in [0, 0.1) is 5.82 Å². The Balaban J connectivity index is 1.36. The van der Waals surface area contributed by atoms with E-state index in [1.54, 1.807) is 0 Å². The molecule has 0 unspecified atom stereocenters. The molecule has 2 aliphatic heterocycles. The van der Waals surface area contributed by atoms with Gasteiger partial charge in [-0.2, -0.15) is 10.1 Å². The highest BCUT2D eigenvalue weighted by Crippen LogP contribution is 2.33. The van der Waals surface area contributed by atoms with E-state index in [0.29, 0.717) is 5.82 Å². The van der Waals surface area contributed by atoms with Gasteiger partial charge in [0.2, 0.25) is 11.7 Å². The molecule has 3 aromatic rings. The first-order chi connectivity index (χ1) is 14.5. The van der Waals surface area contributed by atoms with Crippen LogP contribution in [0.3, 0.4) is 0 Å². The van der Waals surface area contributed by atoms with E-state index in [4.69, 9.17) is 4.52 Å². The van der Waals surface area contributed by atoms with Crippen LogP contribution in [0.1, 0.15) is 5.89 Å². The molecule has 0 aliphatic carbocycles. The third kappa shape index (κ3) is 3.07. The van der Waals surface area contributed by atoms with Gasteiger partial charge < -0.3 is 4.52 Å². The number of benzene rings is 2. The van der Waals surface area contributed by atoms with Gasteiger partial charge in [-0.15, -0.1) is 0 Å². The van der Waals surface area contributed by atoms with E-state index < -0.39 is 29.7 Å². The van der Waals surface area contributed by atoms with Crippen LogP contribution < -0.4 is 4.90 Å². The Morgan fingerprint density at radius 1 is 1.10 bits per heavy atom. The van der Waals surface area contributed by atoms with E-state index >= 15 is 0 Å². The van der Waals surface area contributed by atoms with Crippen molar-refractivity contribution in [3.8, 4) is 11.4 Å². The number of nitrogens with zero attached hydrogens (tertiary/aromatic N) is 6. The molecule has 150 valence electrons. The minimum Gasteiger partial charge on any atom is -0.337 e. The molecule has 11 heteroatoms. The molecule has 0 spiro atoms. The number of halogens is 2. The lowest BCUT2D eigenvalue weighted by atomic mass is 10.1. The fraction of sp³-hybridized carbons (Fsp3) is 0.158. The van der Waals surface area contributed by atoms with E-state index in [-0.39, 0.29) is 18.1 Å². The largest absolute Gasteiger partial charge is 0.337 e. The summed E-state index contributed by atoms with van der Waals surface area (Å²) in [4.78, 5) is 30.8. The van der Waals surface area contributed by atoms with E-state index in [1.807, 2.05) is 24.3 Å². The average molecular weight is 471 g/mol. The van der Waals surface area contributed by atoms with Crippen molar-refractivity contribution in [3.63, 3.8) is 0 Å². The van der Waals surface area contributed by atoms with Crippen LogP contribution in [-0.2, 0) is 16.1 Å². The van der Waals surface area contributed by atoms with Crippen LogP contribution in [0.4, 0.5) is 10.1 Å². The summed E-state index contributed by atoms with van der Waals surface area (Å²) < 4.78 is 19.8. The summed E-state index contributed by atoms with van der Waals surface area (Å²) in [5, 5.41) is 13.1. The number of imide groups is 1. The highest BCUT2D eigenvalue weighted by atomic mass is 79.9. The van der Waals surface area contributed by atoms with Crippen molar-refractivity contribution in [2.24, 2.45) is 10.3 Å². The standard InChI is InChI=1S/C19H12BrFN6O3/c20-11-6-4-10(5-7-11)17-22-14(30-24-17)9-26-16-15(23-25-26)18(28)27(19(16)29)13-3-1-2-12(21)8-13/h1-8,15-16H,9H2/t15-,16-/m0/s1. The molecule has 2 aliphatic rings. The topological polar surface area (TPSA) is 104 Å². The summed E-state index contributed by atoms with van der Waals surface area (Å²) in [7, 11) is 0. The number of amides is 2. The predicted octanol–water partition coefficient (Wildman–Crippen LogP) is 3.13. The summed E-state index contributed by atoms with van der Waals surface area (Å²) in [6, 6.07) is 10.7. The molecular formula is C19H12BrFN6O3. The van der Waals surface area contributed by atoms with E-state index in [0.717, 1.165) is 21.0 Å². The minimum atomic E-state index is -0.991. The molecule has 2 atom stereocenters. The van der Waals surface area contributed by atoms with Crippen LogP contribution in [0.25, 0.3) is 11.4 Å². The van der Waals surface area contributed by atoms with Crippen molar-refractivity contribution in [1.82, 2.24) is 15.1 Å². The van der Waals surface area contributed by atoms with Crippen LogP contribution in [0.15, 0.2) is 67.9 Å². The minimum absolute atomic E-state index is 0.00417. The molecule has 0 N–H and O–H groups in total. The number of carbonyl (C=O) groups is 2. The molecule has 2 aromatic carbocycles. The van der Waals surface area contributed by atoms with Crippen molar-refractivity contribution < 1.29 is 18.5 Å². The van der Waals surface area contributed by atoms with Crippen molar-refractivity contribution >= 4 is 33.4 Å². The predicted molar refractivity (Wildman–Crippen MR) is 104 cm³/mol. The van der Waals surface area contributed by atoms with Crippen LogP contribution >= 0.6 is 15.9 Å². The SMILES string of the molecule is O=C1[C@H]2N=NN(Cc3nc(-c4ccc(Br)cc4)no3)[C@@H]2C(=O)N1c1cccc(F)c1.